The third-order valence-electron chi connectivity index (χ3n) is 4.73. The Morgan fingerprint density at radius 1 is 1.08 bits per heavy atom. The highest BCUT2D eigenvalue weighted by Crippen LogP contribution is 2.37. The van der Waals surface area contributed by atoms with E-state index in [1.807, 2.05) is 55.5 Å². The van der Waals surface area contributed by atoms with Crippen LogP contribution in [0.3, 0.4) is 0 Å². The Labute approximate surface area is 151 Å². The molecule has 26 heavy (non-hydrogen) atoms. The topological polar surface area (TPSA) is 62.7 Å². The molecule has 0 aliphatic carbocycles. The second-order valence-corrected chi connectivity index (χ2v) is 6.47. The number of para-hydroxylation sites is 1. The Bertz CT molecular complexity index is 961. The number of aromatic carboxylic acids is 1. The number of hydrogen-bond acceptors (Lipinski definition) is 4. The van der Waals surface area contributed by atoms with Crippen LogP contribution in [-0.4, -0.2) is 42.4 Å². The van der Waals surface area contributed by atoms with E-state index in [4.69, 9.17) is 9.72 Å². The maximum Gasteiger partial charge on any atom is 0.338 e. The SMILES string of the molecule is Cc1ccc(-c2nc3ccccc3c(C(=O)O)c2N2CCOCC2)cc1. The molecule has 2 aromatic carbocycles. The Kier molecular flexibility index (Phi) is 4.31. The maximum absolute atomic E-state index is 12.2. The number of aromatic nitrogens is 1. The molecule has 0 unspecified atom stereocenters. The number of carbonyl (C=O) groups is 1. The molecule has 0 saturated carbocycles. The first-order chi connectivity index (χ1) is 12.6. The second kappa shape index (κ2) is 6.77. The summed E-state index contributed by atoms with van der Waals surface area (Å²) in [6.45, 7) is 4.50. The number of fused-ring (bicyclic) bond motifs is 1. The molecule has 0 amide bonds. The molecular weight excluding hydrogens is 328 g/mol. The van der Waals surface area contributed by atoms with Gasteiger partial charge in [0, 0.05) is 24.0 Å². The normalized spacial score (nSPS) is 14.6. The van der Waals surface area contributed by atoms with Gasteiger partial charge in [-0.25, -0.2) is 9.78 Å². The molecule has 1 aliphatic heterocycles. The minimum Gasteiger partial charge on any atom is -0.478 e. The number of morpholine rings is 1. The third kappa shape index (κ3) is 2.91. The first kappa shape index (κ1) is 16.5. The molecule has 2 heterocycles. The number of nitrogens with zero attached hydrogens (tertiary/aromatic N) is 2. The summed E-state index contributed by atoms with van der Waals surface area (Å²) in [7, 11) is 0. The predicted octanol–water partition coefficient (Wildman–Crippen LogP) is 3.75. The summed E-state index contributed by atoms with van der Waals surface area (Å²) in [5.74, 6) is -0.932. The molecule has 1 fully saturated rings. The average Bonchev–Trinajstić information content (AvgIpc) is 2.67. The summed E-state index contributed by atoms with van der Waals surface area (Å²) in [5.41, 5.74) is 4.48. The van der Waals surface area contributed by atoms with Crippen LogP contribution in [0.25, 0.3) is 22.2 Å². The van der Waals surface area contributed by atoms with Crippen LogP contribution < -0.4 is 4.90 Å². The van der Waals surface area contributed by atoms with Crippen LogP contribution in [0, 0.1) is 6.92 Å². The van der Waals surface area contributed by atoms with E-state index in [0.717, 1.165) is 11.1 Å². The molecule has 1 aliphatic rings. The number of hydrogen-bond donors (Lipinski definition) is 1. The fraction of sp³-hybridized carbons (Fsp3) is 0.238. The van der Waals surface area contributed by atoms with Crippen molar-refractivity contribution in [2.75, 3.05) is 31.2 Å². The highest BCUT2D eigenvalue weighted by Gasteiger charge is 2.26. The molecule has 0 atom stereocenters. The molecule has 0 radical (unpaired) electrons. The zero-order valence-electron chi connectivity index (χ0n) is 14.6. The smallest absolute Gasteiger partial charge is 0.338 e. The van der Waals surface area contributed by atoms with E-state index in [1.165, 1.54) is 0 Å². The van der Waals surface area contributed by atoms with Gasteiger partial charge in [-0.2, -0.15) is 0 Å². The molecule has 1 N–H and O–H groups in total. The first-order valence-corrected chi connectivity index (χ1v) is 8.71. The van der Waals surface area contributed by atoms with Crippen molar-refractivity contribution >= 4 is 22.6 Å². The standard InChI is InChI=1S/C21H20N2O3/c1-14-6-8-15(9-7-14)19-20(23-10-12-26-13-11-23)18(21(24)25)16-4-2-3-5-17(16)22-19/h2-9H,10-13H2,1H3,(H,24,25). The van der Waals surface area contributed by atoms with Crippen LogP contribution in [0.1, 0.15) is 15.9 Å². The fourth-order valence-corrected chi connectivity index (χ4v) is 3.43. The second-order valence-electron chi connectivity index (χ2n) is 6.47. The summed E-state index contributed by atoms with van der Waals surface area (Å²) in [4.78, 5) is 19.2. The third-order valence-corrected chi connectivity index (χ3v) is 4.73. The molecule has 0 bridgehead atoms. The van der Waals surface area contributed by atoms with Gasteiger partial charge in [0.25, 0.3) is 0 Å². The number of carboxylic acids is 1. The minimum atomic E-state index is -0.932. The average molecular weight is 348 g/mol. The Morgan fingerprint density at radius 2 is 1.77 bits per heavy atom. The van der Waals surface area contributed by atoms with Gasteiger partial charge in [-0.3, -0.25) is 0 Å². The number of ether oxygens (including phenoxy) is 1. The van der Waals surface area contributed by atoms with Gasteiger partial charge >= 0.3 is 5.97 Å². The van der Waals surface area contributed by atoms with Crippen LogP contribution >= 0.6 is 0 Å². The Morgan fingerprint density at radius 3 is 2.46 bits per heavy atom. The van der Waals surface area contributed by atoms with Gasteiger partial charge in [-0.05, 0) is 13.0 Å². The van der Waals surface area contributed by atoms with E-state index in [2.05, 4.69) is 4.90 Å². The number of anilines is 1. The lowest BCUT2D eigenvalue weighted by Gasteiger charge is -2.32. The summed E-state index contributed by atoms with van der Waals surface area (Å²) in [6.07, 6.45) is 0. The predicted molar refractivity (Wildman–Crippen MR) is 102 cm³/mol. The maximum atomic E-state index is 12.2. The van der Waals surface area contributed by atoms with Crippen molar-refractivity contribution in [3.05, 3.63) is 59.7 Å². The van der Waals surface area contributed by atoms with Gasteiger partial charge < -0.3 is 14.7 Å². The molecule has 1 aromatic heterocycles. The van der Waals surface area contributed by atoms with E-state index in [1.54, 1.807) is 0 Å². The van der Waals surface area contributed by atoms with Crippen molar-refractivity contribution in [3.8, 4) is 11.3 Å². The van der Waals surface area contributed by atoms with Gasteiger partial charge in [0.15, 0.2) is 0 Å². The van der Waals surface area contributed by atoms with Crippen LogP contribution in [0.15, 0.2) is 48.5 Å². The van der Waals surface area contributed by atoms with Gasteiger partial charge in [0.2, 0.25) is 0 Å². The number of benzene rings is 2. The minimum absolute atomic E-state index is 0.313. The number of pyridine rings is 1. The van der Waals surface area contributed by atoms with E-state index in [9.17, 15) is 9.90 Å². The molecule has 5 heteroatoms. The largest absolute Gasteiger partial charge is 0.478 e. The molecule has 3 aromatic rings. The van der Waals surface area contributed by atoms with Gasteiger partial charge in [0.05, 0.1) is 35.7 Å². The van der Waals surface area contributed by atoms with Crippen molar-refractivity contribution in [2.45, 2.75) is 6.92 Å². The molecule has 132 valence electrons. The molecule has 0 spiro atoms. The Hall–Kier alpha value is -2.92. The molecule has 4 rings (SSSR count). The molecule has 5 nitrogen and oxygen atoms in total. The van der Waals surface area contributed by atoms with Crippen LogP contribution in [0.4, 0.5) is 5.69 Å². The number of aryl methyl sites for hydroxylation is 1. The monoisotopic (exact) mass is 348 g/mol. The van der Waals surface area contributed by atoms with Crippen molar-refractivity contribution in [1.29, 1.82) is 0 Å². The zero-order valence-corrected chi connectivity index (χ0v) is 14.6. The van der Waals surface area contributed by atoms with Crippen molar-refractivity contribution in [1.82, 2.24) is 4.98 Å². The molecular formula is C21H20N2O3. The summed E-state index contributed by atoms with van der Waals surface area (Å²) < 4.78 is 5.46. The lowest BCUT2D eigenvalue weighted by molar-refractivity contribution is 0.0698. The van der Waals surface area contributed by atoms with Crippen LogP contribution in [0.2, 0.25) is 0 Å². The van der Waals surface area contributed by atoms with Crippen molar-refractivity contribution in [3.63, 3.8) is 0 Å². The van der Waals surface area contributed by atoms with E-state index < -0.39 is 5.97 Å². The molecule has 1 saturated heterocycles. The lowest BCUT2D eigenvalue weighted by atomic mass is 9.99. The lowest BCUT2D eigenvalue weighted by Crippen LogP contribution is -2.37. The first-order valence-electron chi connectivity index (χ1n) is 8.71. The quantitative estimate of drug-likeness (QED) is 0.781. The van der Waals surface area contributed by atoms with Crippen molar-refractivity contribution in [2.24, 2.45) is 0 Å². The number of rotatable bonds is 3. The summed E-state index contributed by atoms with van der Waals surface area (Å²) >= 11 is 0. The van der Waals surface area contributed by atoms with Gasteiger partial charge in [0.1, 0.15) is 0 Å². The highest BCUT2D eigenvalue weighted by atomic mass is 16.5. The summed E-state index contributed by atoms with van der Waals surface area (Å²) in [5, 5.41) is 10.7. The van der Waals surface area contributed by atoms with E-state index >= 15 is 0 Å². The fourth-order valence-electron chi connectivity index (χ4n) is 3.43. The van der Waals surface area contributed by atoms with Gasteiger partial charge in [-0.15, -0.1) is 0 Å². The van der Waals surface area contributed by atoms with Crippen LogP contribution in [-0.2, 0) is 4.74 Å². The van der Waals surface area contributed by atoms with E-state index in [-0.39, 0.29) is 0 Å². The Balaban J connectivity index is 2.04. The van der Waals surface area contributed by atoms with Crippen LogP contribution in [0.5, 0.6) is 0 Å². The summed E-state index contributed by atoms with van der Waals surface area (Å²) in [6, 6.07) is 15.5. The van der Waals surface area contributed by atoms with Crippen molar-refractivity contribution < 1.29 is 14.6 Å². The van der Waals surface area contributed by atoms with Gasteiger partial charge in [-0.1, -0.05) is 48.0 Å². The highest BCUT2D eigenvalue weighted by molar-refractivity contribution is 6.10. The number of carboxylic acid groups (broad SMARTS) is 1. The zero-order chi connectivity index (χ0) is 18.1. The van der Waals surface area contributed by atoms with E-state index in [0.29, 0.717) is 54.2 Å².